The van der Waals surface area contributed by atoms with Crippen molar-refractivity contribution in [2.24, 2.45) is 11.7 Å². The molecule has 0 aliphatic rings. The van der Waals surface area contributed by atoms with E-state index in [2.05, 4.69) is 0 Å². The third-order valence-electron chi connectivity index (χ3n) is 2.86. The first-order valence-electron chi connectivity index (χ1n) is 6.78. The molecule has 0 saturated carbocycles. The first kappa shape index (κ1) is 16.8. The maximum atomic E-state index is 13.0. The van der Waals surface area contributed by atoms with Crippen molar-refractivity contribution in [3.63, 3.8) is 0 Å². The van der Waals surface area contributed by atoms with Gasteiger partial charge in [-0.25, -0.2) is 0 Å². The molecule has 1 aromatic rings. The fraction of sp³-hybridized carbons (Fsp3) is 0.600. The summed E-state index contributed by atoms with van der Waals surface area (Å²) in [7, 11) is 0. The lowest BCUT2D eigenvalue weighted by Crippen LogP contribution is -2.18. The molecule has 0 radical (unpaired) electrons. The molecule has 0 aliphatic carbocycles. The van der Waals surface area contributed by atoms with E-state index in [1.807, 2.05) is 13.8 Å². The van der Waals surface area contributed by atoms with E-state index in [9.17, 15) is 13.2 Å². The van der Waals surface area contributed by atoms with Gasteiger partial charge in [0.2, 0.25) is 0 Å². The van der Waals surface area contributed by atoms with Crippen molar-refractivity contribution in [2.45, 2.75) is 45.8 Å². The van der Waals surface area contributed by atoms with Crippen molar-refractivity contribution in [1.29, 1.82) is 0 Å². The van der Waals surface area contributed by atoms with Crippen molar-refractivity contribution < 1.29 is 17.9 Å². The second kappa shape index (κ2) is 6.97. The predicted octanol–water partition coefficient (Wildman–Crippen LogP) is 4.02. The lowest BCUT2D eigenvalue weighted by Gasteiger charge is -2.16. The summed E-state index contributed by atoms with van der Waals surface area (Å²) in [6.07, 6.45) is -3.28. The Labute approximate surface area is 118 Å². The van der Waals surface area contributed by atoms with Gasteiger partial charge >= 0.3 is 6.18 Å². The first-order chi connectivity index (χ1) is 9.20. The molecule has 0 amide bonds. The number of benzene rings is 1. The highest BCUT2D eigenvalue weighted by molar-refractivity contribution is 5.39. The number of nitrogens with two attached hydrogens (primary N) is 1. The Balaban J connectivity index is 2.93. The highest BCUT2D eigenvalue weighted by Gasteiger charge is 2.34. The Bertz CT molecular complexity index is 428. The Morgan fingerprint density at radius 3 is 2.35 bits per heavy atom. The van der Waals surface area contributed by atoms with Gasteiger partial charge in [-0.15, -0.1) is 0 Å². The molecule has 0 heterocycles. The topological polar surface area (TPSA) is 35.2 Å². The zero-order valence-electron chi connectivity index (χ0n) is 12.1. The van der Waals surface area contributed by atoms with Crippen LogP contribution in [0.1, 0.15) is 38.3 Å². The van der Waals surface area contributed by atoms with E-state index in [4.69, 9.17) is 10.5 Å². The molecule has 0 bridgehead atoms. The standard InChI is InChI=1S/C15H22F3NO/c1-10(2)6-7-20-14-5-4-12(8-11(3)19)9-13(14)15(16,17)18/h4-5,9-11H,6-8,19H2,1-3H3. The zero-order chi connectivity index (χ0) is 15.3. The fourth-order valence-corrected chi connectivity index (χ4v) is 1.83. The van der Waals surface area contributed by atoms with Gasteiger partial charge in [-0.2, -0.15) is 13.2 Å². The van der Waals surface area contributed by atoms with Gasteiger partial charge in [-0.05, 0) is 43.4 Å². The third-order valence-corrected chi connectivity index (χ3v) is 2.86. The van der Waals surface area contributed by atoms with Crippen molar-refractivity contribution in [3.05, 3.63) is 29.3 Å². The lowest BCUT2D eigenvalue weighted by atomic mass is 10.0. The van der Waals surface area contributed by atoms with Crippen LogP contribution >= 0.6 is 0 Å². The van der Waals surface area contributed by atoms with Crippen LogP contribution in [-0.2, 0) is 12.6 Å². The molecule has 2 nitrogen and oxygen atoms in total. The molecule has 1 unspecified atom stereocenters. The van der Waals surface area contributed by atoms with Crippen molar-refractivity contribution >= 4 is 0 Å². The number of hydrogen-bond donors (Lipinski definition) is 1. The average Bonchev–Trinajstić information content (AvgIpc) is 2.28. The molecular weight excluding hydrogens is 267 g/mol. The van der Waals surface area contributed by atoms with Gasteiger partial charge in [-0.3, -0.25) is 0 Å². The molecule has 5 heteroatoms. The summed E-state index contributed by atoms with van der Waals surface area (Å²) in [6, 6.07) is 3.99. The third kappa shape index (κ3) is 5.41. The van der Waals surface area contributed by atoms with Gasteiger partial charge in [0.15, 0.2) is 0 Å². The number of alkyl halides is 3. The van der Waals surface area contributed by atoms with Gasteiger partial charge in [0.25, 0.3) is 0 Å². The molecule has 2 N–H and O–H groups in total. The van der Waals surface area contributed by atoms with Crippen LogP contribution in [0.3, 0.4) is 0 Å². The summed E-state index contributed by atoms with van der Waals surface area (Å²) >= 11 is 0. The van der Waals surface area contributed by atoms with Gasteiger partial charge < -0.3 is 10.5 Å². The summed E-state index contributed by atoms with van der Waals surface area (Å²) in [5.41, 5.74) is 5.47. The number of rotatable bonds is 6. The highest BCUT2D eigenvalue weighted by atomic mass is 19.4. The van der Waals surface area contributed by atoms with Gasteiger partial charge in [0.05, 0.1) is 12.2 Å². The monoisotopic (exact) mass is 289 g/mol. The average molecular weight is 289 g/mol. The Morgan fingerprint density at radius 1 is 1.20 bits per heavy atom. The minimum atomic E-state index is -4.42. The zero-order valence-corrected chi connectivity index (χ0v) is 12.1. The molecular formula is C15H22F3NO. The maximum Gasteiger partial charge on any atom is 0.419 e. The van der Waals surface area contributed by atoms with Crippen LogP contribution in [0, 0.1) is 5.92 Å². The van der Waals surface area contributed by atoms with E-state index >= 15 is 0 Å². The van der Waals surface area contributed by atoms with Gasteiger partial charge in [0.1, 0.15) is 5.75 Å². The second-order valence-electron chi connectivity index (χ2n) is 5.54. The number of halogens is 3. The van der Waals surface area contributed by atoms with E-state index < -0.39 is 11.7 Å². The van der Waals surface area contributed by atoms with E-state index in [1.54, 1.807) is 13.0 Å². The summed E-state index contributed by atoms with van der Waals surface area (Å²) in [4.78, 5) is 0. The largest absolute Gasteiger partial charge is 0.493 e. The number of ether oxygens (including phenoxy) is 1. The molecule has 0 saturated heterocycles. The maximum absolute atomic E-state index is 13.0. The van der Waals surface area contributed by atoms with Gasteiger partial charge in [-0.1, -0.05) is 19.9 Å². The van der Waals surface area contributed by atoms with Crippen molar-refractivity contribution in [3.8, 4) is 5.75 Å². The van der Waals surface area contributed by atoms with E-state index in [0.29, 0.717) is 17.9 Å². The smallest absolute Gasteiger partial charge is 0.419 e. The minimum Gasteiger partial charge on any atom is -0.493 e. The minimum absolute atomic E-state index is 0.105. The SMILES string of the molecule is CC(C)CCOc1ccc(CC(C)N)cc1C(F)(F)F. The van der Waals surface area contributed by atoms with Crippen LogP contribution in [0.5, 0.6) is 5.75 Å². The highest BCUT2D eigenvalue weighted by Crippen LogP contribution is 2.37. The molecule has 0 fully saturated rings. The van der Waals surface area contributed by atoms with Crippen molar-refractivity contribution in [1.82, 2.24) is 0 Å². The Kier molecular flexibility index (Phi) is 5.87. The van der Waals surface area contributed by atoms with Crippen LogP contribution in [0.15, 0.2) is 18.2 Å². The van der Waals surface area contributed by atoms with Crippen LogP contribution < -0.4 is 10.5 Å². The van der Waals surface area contributed by atoms with E-state index in [0.717, 1.165) is 12.5 Å². The molecule has 0 spiro atoms. The molecule has 0 aromatic heterocycles. The predicted molar refractivity (Wildman–Crippen MR) is 73.7 cm³/mol. The van der Waals surface area contributed by atoms with Crippen LogP contribution in [-0.4, -0.2) is 12.6 Å². The Morgan fingerprint density at radius 2 is 1.85 bits per heavy atom. The second-order valence-corrected chi connectivity index (χ2v) is 5.54. The summed E-state index contributed by atoms with van der Waals surface area (Å²) in [5, 5.41) is 0. The molecule has 114 valence electrons. The molecule has 0 aliphatic heterocycles. The van der Waals surface area contributed by atoms with E-state index in [-0.39, 0.29) is 18.4 Å². The van der Waals surface area contributed by atoms with Crippen LogP contribution in [0.25, 0.3) is 0 Å². The molecule has 1 rings (SSSR count). The fourth-order valence-electron chi connectivity index (χ4n) is 1.83. The van der Waals surface area contributed by atoms with Gasteiger partial charge in [0, 0.05) is 6.04 Å². The first-order valence-corrected chi connectivity index (χ1v) is 6.78. The Hall–Kier alpha value is -1.23. The normalized spacial score (nSPS) is 13.6. The van der Waals surface area contributed by atoms with E-state index in [1.165, 1.54) is 6.07 Å². The molecule has 20 heavy (non-hydrogen) atoms. The summed E-state index contributed by atoms with van der Waals surface area (Å²) in [5.74, 6) is 0.285. The number of hydrogen-bond acceptors (Lipinski definition) is 2. The summed E-state index contributed by atoms with van der Waals surface area (Å²) < 4.78 is 44.4. The van der Waals surface area contributed by atoms with Crippen LogP contribution in [0.2, 0.25) is 0 Å². The van der Waals surface area contributed by atoms with Crippen LogP contribution in [0.4, 0.5) is 13.2 Å². The molecule has 1 aromatic carbocycles. The quantitative estimate of drug-likeness (QED) is 0.858. The molecule has 1 atom stereocenters. The summed E-state index contributed by atoms with van der Waals surface area (Å²) in [6.45, 7) is 6.05. The van der Waals surface area contributed by atoms with Crippen molar-refractivity contribution in [2.75, 3.05) is 6.61 Å². The lowest BCUT2D eigenvalue weighted by molar-refractivity contribution is -0.139.